The molecular formula is C26H23ClF3N3O5S2. The van der Waals surface area contributed by atoms with Gasteiger partial charge in [-0.2, -0.15) is 0 Å². The molecule has 2 aliphatic rings. The van der Waals surface area contributed by atoms with Crippen molar-refractivity contribution < 1.29 is 36.3 Å². The quantitative estimate of drug-likeness (QED) is 0.315. The maximum atomic E-state index is 13.7. The Bertz CT molecular complexity index is 1550. The first kappa shape index (κ1) is 28.5. The number of halogens is 4. The highest BCUT2D eigenvalue weighted by molar-refractivity contribution is 7.92. The van der Waals surface area contributed by atoms with E-state index >= 15 is 0 Å². The summed E-state index contributed by atoms with van der Waals surface area (Å²) in [5, 5.41) is 17.4. The fourth-order valence-electron chi connectivity index (χ4n) is 5.73. The molecule has 1 aromatic heterocycles. The van der Waals surface area contributed by atoms with Crippen LogP contribution in [0.5, 0.6) is 0 Å². The molecule has 14 heteroatoms. The van der Waals surface area contributed by atoms with Gasteiger partial charge in [-0.05, 0) is 55.7 Å². The smallest absolute Gasteiger partial charge is 0.255 e. The van der Waals surface area contributed by atoms with Crippen LogP contribution in [0.1, 0.15) is 42.5 Å². The number of aromatic nitrogens is 1. The van der Waals surface area contributed by atoms with Crippen LogP contribution < -0.4 is 10.6 Å². The number of sulfone groups is 1. The van der Waals surface area contributed by atoms with Crippen molar-refractivity contribution >= 4 is 55.4 Å². The molecule has 40 heavy (non-hydrogen) atoms. The average molecular weight is 614 g/mol. The lowest BCUT2D eigenvalue weighted by atomic mass is 9.72. The second-order valence-corrected chi connectivity index (χ2v) is 13.5. The molecule has 212 valence electrons. The molecule has 1 heterocycles. The molecule has 2 fully saturated rings. The van der Waals surface area contributed by atoms with E-state index in [0.29, 0.717) is 30.1 Å². The highest BCUT2D eigenvalue weighted by atomic mass is 35.5. The molecule has 1 unspecified atom stereocenters. The molecule has 0 spiro atoms. The van der Waals surface area contributed by atoms with Crippen LogP contribution in [0.4, 0.5) is 24.0 Å². The molecule has 0 radical (unpaired) electrons. The van der Waals surface area contributed by atoms with Gasteiger partial charge >= 0.3 is 0 Å². The number of rotatable bonds is 7. The monoisotopic (exact) mass is 613 g/mol. The van der Waals surface area contributed by atoms with Crippen LogP contribution in [-0.2, 0) is 14.6 Å². The number of thiazole rings is 1. The molecule has 0 saturated heterocycles. The van der Waals surface area contributed by atoms with Gasteiger partial charge in [0.25, 0.3) is 5.91 Å². The summed E-state index contributed by atoms with van der Waals surface area (Å²) in [4.78, 5) is 29.0. The molecule has 2 saturated carbocycles. The number of carbonyl (C=O) groups excluding carboxylic acids is 2. The fourth-order valence-corrected chi connectivity index (χ4v) is 8.68. The SMILES string of the molecule is O=C(C[C@@]1(O)C2CC[C@H]1C[C@H](S(=O)(=O)c1cc(C(=O)Nc3cc(F)c(F)c(F)c3)ccc1Cl)C2)Nc1nccs1. The second kappa shape index (κ2) is 10.8. The first-order valence-corrected chi connectivity index (χ1v) is 15.1. The van der Waals surface area contributed by atoms with Gasteiger partial charge in [0, 0.05) is 35.0 Å². The maximum absolute atomic E-state index is 13.7. The normalized spacial score (nSPS) is 24.1. The fraction of sp³-hybridized carbons (Fsp3) is 0.346. The number of anilines is 2. The summed E-state index contributed by atoms with van der Waals surface area (Å²) < 4.78 is 67.7. The van der Waals surface area contributed by atoms with E-state index in [2.05, 4.69) is 15.6 Å². The molecule has 2 aromatic carbocycles. The summed E-state index contributed by atoms with van der Waals surface area (Å²) in [5.74, 6) is -6.86. The Balaban J connectivity index is 1.33. The Hall–Kier alpha value is -3.00. The van der Waals surface area contributed by atoms with E-state index in [1.807, 2.05) is 0 Å². The predicted molar refractivity (Wildman–Crippen MR) is 142 cm³/mol. The summed E-state index contributed by atoms with van der Waals surface area (Å²) >= 11 is 7.49. The van der Waals surface area contributed by atoms with Gasteiger partial charge in [0.05, 0.1) is 27.2 Å². The lowest BCUT2D eigenvalue weighted by Gasteiger charge is -2.42. The Kier molecular flexibility index (Phi) is 7.68. The third-order valence-corrected chi connectivity index (χ3v) is 11.0. The van der Waals surface area contributed by atoms with Gasteiger partial charge in [-0.3, -0.25) is 9.59 Å². The van der Waals surface area contributed by atoms with E-state index < -0.39 is 61.8 Å². The summed E-state index contributed by atoms with van der Waals surface area (Å²) in [6, 6.07) is 4.75. The van der Waals surface area contributed by atoms with Crippen molar-refractivity contribution in [2.24, 2.45) is 11.8 Å². The van der Waals surface area contributed by atoms with Crippen LogP contribution in [0.2, 0.25) is 5.02 Å². The zero-order valence-electron chi connectivity index (χ0n) is 20.7. The predicted octanol–water partition coefficient (Wildman–Crippen LogP) is 5.19. The van der Waals surface area contributed by atoms with Crippen LogP contribution in [0, 0.1) is 29.3 Å². The standard InChI is InChI=1S/C26H23ClF3N3O5S2/c27-18-4-1-13(24(35)32-16-10-19(28)23(30)20(29)11-16)7-21(18)40(37,38)17-8-14-2-3-15(9-17)26(14,36)12-22(34)33-25-31-5-6-39-25/h1,4-7,10-11,14-15,17,36H,2-3,8-9,12H2,(H,32,35)(H,31,33,34)/t14-,15?,17-,26-/m0/s1. The number of amides is 2. The molecule has 3 aromatic rings. The Morgan fingerprint density at radius 1 is 1.07 bits per heavy atom. The zero-order chi connectivity index (χ0) is 28.8. The molecule has 8 nitrogen and oxygen atoms in total. The molecule has 2 aliphatic carbocycles. The van der Waals surface area contributed by atoms with Gasteiger partial charge in [-0.15, -0.1) is 11.3 Å². The zero-order valence-corrected chi connectivity index (χ0v) is 23.1. The number of nitrogens with one attached hydrogen (secondary N) is 2. The molecule has 2 amide bonds. The lowest BCUT2D eigenvalue weighted by Crippen LogP contribution is -2.50. The van der Waals surface area contributed by atoms with Gasteiger partial charge < -0.3 is 15.7 Å². The minimum Gasteiger partial charge on any atom is -0.389 e. The number of carbonyl (C=O) groups is 2. The van der Waals surface area contributed by atoms with E-state index in [1.54, 1.807) is 11.6 Å². The van der Waals surface area contributed by atoms with Crippen molar-refractivity contribution in [1.29, 1.82) is 0 Å². The van der Waals surface area contributed by atoms with Crippen LogP contribution in [-0.4, -0.2) is 41.2 Å². The number of benzene rings is 2. The van der Waals surface area contributed by atoms with Gasteiger partial charge in [-0.1, -0.05) is 11.6 Å². The van der Waals surface area contributed by atoms with Crippen molar-refractivity contribution in [3.8, 4) is 0 Å². The number of hydrogen-bond acceptors (Lipinski definition) is 7. The van der Waals surface area contributed by atoms with Crippen LogP contribution in [0.3, 0.4) is 0 Å². The summed E-state index contributed by atoms with van der Waals surface area (Å²) in [6.45, 7) is 0. The van der Waals surface area contributed by atoms with E-state index in [-0.39, 0.29) is 40.4 Å². The molecule has 2 bridgehead atoms. The van der Waals surface area contributed by atoms with Gasteiger partial charge in [0.1, 0.15) is 0 Å². The summed E-state index contributed by atoms with van der Waals surface area (Å²) in [7, 11) is -4.09. The molecule has 4 atom stereocenters. The van der Waals surface area contributed by atoms with Crippen LogP contribution in [0.15, 0.2) is 46.8 Å². The minimum atomic E-state index is -4.09. The van der Waals surface area contributed by atoms with E-state index in [1.165, 1.54) is 23.5 Å². The van der Waals surface area contributed by atoms with E-state index in [9.17, 15) is 36.3 Å². The topological polar surface area (TPSA) is 125 Å². The minimum absolute atomic E-state index is 0.0980. The Morgan fingerprint density at radius 2 is 1.73 bits per heavy atom. The Labute approximate surface area is 236 Å². The lowest BCUT2D eigenvalue weighted by molar-refractivity contribution is -0.127. The number of aliphatic hydroxyl groups is 1. The first-order valence-electron chi connectivity index (χ1n) is 12.3. The van der Waals surface area contributed by atoms with Gasteiger partial charge in [-0.25, -0.2) is 26.6 Å². The van der Waals surface area contributed by atoms with Crippen molar-refractivity contribution in [3.63, 3.8) is 0 Å². The number of nitrogens with zero attached hydrogens (tertiary/aromatic N) is 1. The van der Waals surface area contributed by atoms with Crippen molar-refractivity contribution in [2.75, 3.05) is 10.6 Å². The summed E-state index contributed by atoms with van der Waals surface area (Å²) in [6.07, 6.45) is 2.66. The molecule has 3 N–H and O–H groups in total. The highest BCUT2D eigenvalue weighted by Gasteiger charge is 2.56. The van der Waals surface area contributed by atoms with Crippen molar-refractivity contribution in [1.82, 2.24) is 4.98 Å². The molecule has 0 aliphatic heterocycles. The van der Waals surface area contributed by atoms with E-state index in [4.69, 9.17) is 11.6 Å². The highest BCUT2D eigenvalue weighted by Crippen LogP contribution is 2.53. The van der Waals surface area contributed by atoms with Gasteiger partial charge in [0.2, 0.25) is 5.91 Å². The Morgan fingerprint density at radius 3 is 2.33 bits per heavy atom. The number of fused-ring (bicyclic) bond motifs is 2. The largest absolute Gasteiger partial charge is 0.389 e. The first-order chi connectivity index (χ1) is 18.9. The van der Waals surface area contributed by atoms with E-state index in [0.717, 1.165) is 6.07 Å². The van der Waals surface area contributed by atoms with Crippen molar-refractivity contribution in [3.05, 3.63) is 69.9 Å². The average Bonchev–Trinajstić information content (AvgIpc) is 3.41. The third-order valence-electron chi connectivity index (χ3n) is 7.68. The maximum Gasteiger partial charge on any atom is 0.255 e. The van der Waals surface area contributed by atoms with Crippen molar-refractivity contribution in [2.45, 2.75) is 47.9 Å². The third kappa shape index (κ3) is 5.35. The number of hydrogen-bond donors (Lipinski definition) is 3. The summed E-state index contributed by atoms with van der Waals surface area (Å²) in [5.41, 5.74) is -1.87. The van der Waals surface area contributed by atoms with Crippen LogP contribution >= 0.6 is 22.9 Å². The van der Waals surface area contributed by atoms with Gasteiger partial charge in [0.15, 0.2) is 32.4 Å². The molecular weight excluding hydrogens is 591 g/mol. The molecule has 5 rings (SSSR count). The van der Waals surface area contributed by atoms with Crippen LogP contribution in [0.25, 0.3) is 0 Å². The second-order valence-electron chi connectivity index (χ2n) is 10.0.